The summed E-state index contributed by atoms with van der Waals surface area (Å²) in [6.45, 7) is 0.566. The average molecular weight is 322 g/mol. The predicted octanol–water partition coefficient (Wildman–Crippen LogP) is 3.39. The molecule has 0 radical (unpaired) electrons. The molecule has 19 heavy (non-hydrogen) atoms. The van der Waals surface area contributed by atoms with Gasteiger partial charge in [0.15, 0.2) is 0 Å². The molecule has 0 aliphatic heterocycles. The molecular weight excluding hydrogens is 310 g/mol. The van der Waals surface area contributed by atoms with Crippen molar-refractivity contribution in [2.24, 2.45) is 0 Å². The van der Waals surface area contributed by atoms with E-state index in [1.54, 1.807) is 24.5 Å². The van der Waals surface area contributed by atoms with Crippen molar-refractivity contribution in [2.75, 3.05) is 11.9 Å². The molecule has 0 unspecified atom stereocenters. The van der Waals surface area contributed by atoms with E-state index in [4.69, 9.17) is 0 Å². The van der Waals surface area contributed by atoms with E-state index in [1.165, 1.54) is 6.07 Å². The van der Waals surface area contributed by atoms with Crippen LogP contribution in [0.2, 0.25) is 0 Å². The van der Waals surface area contributed by atoms with Crippen molar-refractivity contribution in [1.82, 2.24) is 4.98 Å². The summed E-state index contributed by atoms with van der Waals surface area (Å²) in [6, 6.07) is 8.82. The molecule has 0 aliphatic rings. The highest BCUT2D eigenvalue weighted by molar-refractivity contribution is 9.10. The summed E-state index contributed by atoms with van der Waals surface area (Å²) in [5.74, 6) is 0. The van der Waals surface area contributed by atoms with E-state index in [0.29, 0.717) is 16.7 Å². The fourth-order valence-corrected chi connectivity index (χ4v) is 2.17. The minimum atomic E-state index is -0.375. The molecule has 0 fully saturated rings. The number of anilines is 1. The smallest absolute Gasteiger partial charge is 0.293 e. The summed E-state index contributed by atoms with van der Waals surface area (Å²) in [7, 11) is 1.82. The van der Waals surface area contributed by atoms with Crippen molar-refractivity contribution >= 4 is 27.3 Å². The first-order chi connectivity index (χ1) is 9.08. The van der Waals surface area contributed by atoms with Gasteiger partial charge < -0.3 is 4.90 Å². The molecule has 0 amide bonds. The van der Waals surface area contributed by atoms with Crippen LogP contribution in [-0.2, 0) is 6.54 Å². The minimum Gasteiger partial charge on any atom is -0.365 e. The van der Waals surface area contributed by atoms with Crippen LogP contribution >= 0.6 is 15.9 Å². The van der Waals surface area contributed by atoms with Crippen molar-refractivity contribution in [3.05, 3.63) is 62.9 Å². The highest BCUT2D eigenvalue weighted by Crippen LogP contribution is 2.31. The summed E-state index contributed by atoms with van der Waals surface area (Å²) in [5.41, 5.74) is 1.67. The second kappa shape index (κ2) is 5.79. The van der Waals surface area contributed by atoms with Gasteiger partial charge in [0.05, 0.1) is 4.92 Å². The van der Waals surface area contributed by atoms with Gasteiger partial charge in [-0.15, -0.1) is 0 Å². The molecular formula is C13H12BrN3O2. The third-order valence-corrected chi connectivity index (χ3v) is 3.18. The summed E-state index contributed by atoms with van der Waals surface area (Å²) in [4.78, 5) is 16.6. The molecule has 0 atom stereocenters. The van der Waals surface area contributed by atoms with Crippen LogP contribution in [0.15, 0.2) is 47.2 Å². The Kier molecular flexibility index (Phi) is 4.11. The van der Waals surface area contributed by atoms with Crippen LogP contribution in [-0.4, -0.2) is 17.0 Å². The molecule has 1 heterocycles. The van der Waals surface area contributed by atoms with Gasteiger partial charge in [-0.25, -0.2) is 0 Å². The van der Waals surface area contributed by atoms with Gasteiger partial charge in [-0.3, -0.25) is 15.1 Å². The van der Waals surface area contributed by atoms with Crippen LogP contribution in [0.3, 0.4) is 0 Å². The van der Waals surface area contributed by atoms with E-state index in [-0.39, 0.29) is 10.6 Å². The van der Waals surface area contributed by atoms with E-state index >= 15 is 0 Å². The lowest BCUT2D eigenvalue weighted by Gasteiger charge is -2.19. The van der Waals surface area contributed by atoms with Crippen molar-refractivity contribution in [1.29, 1.82) is 0 Å². The lowest BCUT2D eigenvalue weighted by molar-refractivity contribution is -0.384. The minimum absolute atomic E-state index is 0.0840. The van der Waals surface area contributed by atoms with E-state index < -0.39 is 0 Å². The zero-order valence-corrected chi connectivity index (χ0v) is 11.9. The molecule has 2 rings (SSSR count). The Hall–Kier alpha value is -1.95. The zero-order chi connectivity index (χ0) is 13.8. The van der Waals surface area contributed by atoms with Gasteiger partial charge in [-0.05, 0) is 23.8 Å². The molecule has 6 heteroatoms. The number of nitrogens with zero attached hydrogens (tertiary/aromatic N) is 3. The lowest BCUT2D eigenvalue weighted by Crippen LogP contribution is -2.17. The molecule has 0 N–H and O–H groups in total. The van der Waals surface area contributed by atoms with Gasteiger partial charge in [0.1, 0.15) is 5.69 Å². The Morgan fingerprint density at radius 2 is 2.21 bits per heavy atom. The Morgan fingerprint density at radius 1 is 1.42 bits per heavy atom. The fraction of sp³-hybridized carbons (Fsp3) is 0.154. The number of hydrogen-bond acceptors (Lipinski definition) is 4. The van der Waals surface area contributed by atoms with Gasteiger partial charge in [-0.1, -0.05) is 22.0 Å². The number of benzene rings is 1. The first-order valence-corrected chi connectivity index (χ1v) is 6.41. The van der Waals surface area contributed by atoms with E-state index in [9.17, 15) is 10.1 Å². The molecule has 98 valence electrons. The summed E-state index contributed by atoms with van der Waals surface area (Å²) < 4.78 is 0.692. The Balaban J connectivity index is 2.28. The quantitative estimate of drug-likeness (QED) is 0.639. The van der Waals surface area contributed by atoms with Crippen LogP contribution < -0.4 is 4.90 Å². The fourth-order valence-electron chi connectivity index (χ4n) is 1.82. The summed E-state index contributed by atoms with van der Waals surface area (Å²) in [6.07, 6.45) is 3.45. The number of pyridine rings is 1. The molecule has 0 saturated heterocycles. The maximum absolute atomic E-state index is 11.1. The SMILES string of the molecule is CN(Cc1cccnc1)c1ccc(Br)cc1[N+](=O)[O-]. The van der Waals surface area contributed by atoms with Crippen LogP contribution in [0.5, 0.6) is 0 Å². The topological polar surface area (TPSA) is 59.3 Å². The van der Waals surface area contributed by atoms with E-state index in [2.05, 4.69) is 20.9 Å². The van der Waals surface area contributed by atoms with Gasteiger partial charge in [-0.2, -0.15) is 0 Å². The summed E-state index contributed by atoms with van der Waals surface area (Å²) in [5, 5.41) is 11.1. The van der Waals surface area contributed by atoms with Crippen molar-refractivity contribution < 1.29 is 4.92 Å². The zero-order valence-electron chi connectivity index (χ0n) is 10.3. The normalized spacial score (nSPS) is 10.2. The maximum atomic E-state index is 11.1. The number of halogens is 1. The highest BCUT2D eigenvalue weighted by Gasteiger charge is 2.17. The molecule has 0 saturated carbocycles. The maximum Gasteiger partial charge on any atom is 0.293 e. The molecule has 1 aromatic heterocycles. The van der Waals surface area contributed by atoms with E-state index in [1.807, 2.05) is 24.1 Å². The number of nitro groups is 1. The van der Waals surface area contributed by atoms with Crippen molar-refractivity contribution in [3.63, 3.8) is 0 Å². The van der Waals surface area contributed by atoms with Crippen LogP contribution in [0, 0.1) is 10.1 Å². The Labute approximate surface area is 119 Å². The van der Waals surface area contributed by atoms with Gasteiger partial charge in [0.2, 0.25) is 0 Å². The summed E-state index contributed by atoms with van der Waals surface area (Å²) >= 11 is 3.25. The number of rotatable bonds is 4. The van der Waals surface area contributed by atoms with Crippen LogP contribution in [0.25, 0.3) is 0 Å². The van der Waals surface area contributed by atoms with Crippen LogP contribution in [0.4, 0.5) is 11.4 Å². The van der Waals surface area contributed by atoms with Gasteiger partial charge in [0.25, 0.3) is 5.69 Å². The monoisotopic (exact) mass is 321 g/mol. The second-order valence-corrected chi connectivity index (χ2v) is 5.02. The number of aromatic nitrogens is 1. The van der Waals surface area contributed by atoms with Crippen molar-refractivity contribution in [2.45, 2.75) is 6.54 Å². The molecule has 2 aromatic rings. The predicted molar refractivity (Wildman–Crippen MR) is 77.1 cm³/mol. The van der Waals surface area contributed by atoms with Gasteiger partial charge >= 0.3 is 0 Å². The lowest BCUT2D eigenvalue weighted by atomic mass is 10.2. The van der Waals surface area contributed by atoms with Gasteiger partial charge in [0, 0.05) is 36.5 Å². The van der Waals surface area contributed by atoms with E-state index in [0.717, 1.165) is 5.56 Å². The molecule has 5 nitrogen and oxygen atoms in total. The molecule has 0 aliphatic carbocycles. The first kappa shape index (κ1) is 13.5. The van der Waals surface area contributed by atoms with Crippen LogP contribution in [0.1, 0.15) is 5.56 Å². The second-order valence-electron chi connectivity index (χ2n) is 4.11. The third kappa shape index (κ3) is 3.29. The Morgan fingerprint density at radius 3 is 2.84 bits per heavy atom. The first-order valence-electron chi connectivity index (χ1n) is 5.62. The highest BCUT2D eigenvalue weighted by atomic mass is 79.9. The largest absolute Gasteiger partial charge is 0.365 e. The third-order valence-electron chi connectivity index (χ3n) is 2.69. The number of nitro benzene ring substituents is 1. The molecule has 1 aromatic carbocycles. The Bertz CT molecular complexity index is 590. The van der Waals surface area contributed by atoms with Crippen molar-refractivity contribution in [3.8, 4) is 0 Å². The standard InChI is InChI=1S/C13H12BrN3O2/c1-16(9-10-3-2-6-15-8-10)12-5-4-11(14)7-13(12)17(18)19/h2-8H,9H2,1H3. The average Bonchev–Trinajstić information content (AvgIpc) is 2.39. The molecule has 0 spiro atoms. The number of hydrogen-bond donors (Lipinski definition) is 0. The molecule has 0 bridgehead atoms.